The summed E-state index contributed by atoms with van der Waals surface area (Å²) < 4.78 is 27.2. The Morgan fingerprint density at radius 1 is 0.967 bits per heavy atom. The summed E-state index contributed by atoms with van der Waals surface area (Å²) in [6.45, 7) is 3.96. The molecule has 0 spiro atoms. The zero-order chi connectivity index (χ0) is 20.9. The number of sulfone groups is 1. The van der Waals surface area contributed by atoms with Gasteiger partial charge < -0.3 is 5.32 Å². The lowest BCUT2D eigenvalue weighted by Crippen LogP contribution is -2.27. The quantitative estimate of drug-likeness (QED) is 0.499. The SMILES string of the molecule is Cc1ccc(C2=Nc3c(NC4CCC4)ncnc3S(=O)(=O)c3ccc(C)cc32)cc1. The molecule has 152 valence electrons. The predicted molar refractivity (Wildman–Crippen MR) is 116 cm³/mol. The second-order valence-corrected chi connectivity index (χ2v) is 9.81. The van der Waals surface area contributed by atoms with Crippen LogP contribution in [0, 0.1) is 13.8 Å². The predicted octanol–water partition coefficient (Wildman–Crippen LogP) is 4.37. The average Bonchev–Trinajstić information content (AvgIpc) is 2.78. The van der Waals surface area contributed by atoms with E-state index in [1.807, 2.05) is 50.2 Å². The van der Waals surface area contributed by atoms with Crippen LogP contribution < -0.4 is 5.32 Å². The number of aromatic nitrogens is 2. The number of nitrogens with zero attached hydrogens (tertiary/aromatic N) is 3. The van der Waals surface area contributed by atoms with Gasteiger partial charge in [0.25, 0.3) is 0 Å². The molecule has 2 aliphatic rings. The molecule has 0 unspecified atom stereocenters. The van der Waals surface area contributed by atoms with Gasteiger partial charge in [-0.2, -0.15) is 0 Å². The molecule has 2 aromatic carbocycles. The van der Waals surface area contributed by atoms with Gasteiger partial charge in [0.2, 0.25) is 9.84 Å². The molecule has 0 atom stereocenters. The number of hydrogen-bond acceptors (Lipinski definition) is 6. The summed E-state index contributed by atoms with van der Waals surface area (Å²) in [6.07, 6.45) is 4.54. The second kappa shape index (κ2) is 7.02. The Morgan fingerprint density at radius 3 is 2.40 bits per heavy atom. The lowest BCUT2D eigenvalue weighted by molar-refractivity contribution is 0.444. The Balaban J connectivity index is 1.81. The molecule has 1 N–H and O–H groups in total. The third-order valence-electron chi connectivity index (χ3n) is 5.72. The van der Waals surface area contributed by atoms with Gasteiger partial charge in [0, 0.05) is 17.2 Å². The number of fused-ring (bicyclic) bond motifs is 2. The minimum Gasteiger partial charge on any atom is -0.365 e. The molecular weight excluding hydrogens is 396 g/mol. The Kier molecular flexibility index (Phi) is 4.43. The molecule has 7 heteroatoms. The van der Waals surface area contributed by atoms with Crippen LogP contribution in [0.5, 0.6) is 0 Å². The van der Waals surface area contributed by atoms with E-state index in [4.69, 9.17) is 4.99 Å². The number of rotatable bonds is 3. The van der Waals surface area contributed by atoms with Gasteiger partial charge in [-0.25, -0.2) is 23.4 Å². The Labute approximate surface area is 176 Å². The molecule has 2 heterocycles. The molecule has 3 aromatic rings. The first-order valence-electron chi connectivity index (χ1n) is 10.1. The van der Waals surface area contributed by atoms with E-state index in [9.17, 15) is 8.42 Å². The molecule has 30 heavy (non-hydrogen) atoms. The van der Waals surface area contributed by atoms with Crippen molar-refractivity contribution in [2.75, 3.05) is 5.32 Å². The first-order valence-corrected chi connectivity index (χ1v) is 11.6. The highest BCUT2D eigenvalue weighted by molar-refractivity contribution is 7.91. The maximum absolute atomic E-state index is 13.6. The summed E-state index contributed by atoms with van der Waals surface area (Å²) in [5, 5.41) is 3.32. The fourth-order valence-corrected chi connectivity index (χ4v) is 5.27. The lowest BCUT2D eigenvalue weighted by Gasteiger charge is -2.27. The number of aliphatic imine (C=N–C) groups is 1. The molecule has 1 fully saturated rings. The van der Waals surface area contributed by atoms with Crippen molar-refractivity contribution in [3.05, 3.63) is 71.0 Å². The molecule has 0 amide bonds. The monoisotopic (exact) mass is 418 g/mol. The van der Waals surface area contributed by atoms with Gasteiger partial charge in [-0.1, -0.05) is 41.5 Å². The summed E-state index contributed by atoms with van der Waals surface area (Å²) in [6, 6.07) is 13.6. The largest absolute Gasteiger partial charge is 0.365 e. The second-order valence-electron chi connectivity index (χ2n) is 7.98. The van der Waals surface area contributed by atoms with E-state index >= 15 is 0 Å². The molecule has 0 saturated heterocycles. The van der Waals surface area contributed by atoms with Crippen molar-refractivity contribution in [1.29, 1.82) is 0 Å². The number of aryl methyl sites for hydroxylation is 2. The van der Waals surface area contributed by atoms with Gasteiger partial charge in [0.1, 0.15) is 12.0 Å². The summed E-state index contributed by atoms with van der Waals surface area (Å²) in [5.41, 5.74) is 4.44. The van der Waals surface area contributed by atoms with Crippen LogP contribution >= 0.6 is 0 Å². The summed E-state index contributed by atoms with van der Waals surface area (Å²) in [5.74, 6) is 0.474. The zero-order valence-corrected chi connectivity index (χ0v) is 17.7. The van der Waals surface area contributed by atoms with E-state index in [2.05, 4.69) is 15.3 Å². The number of nitrogens with one attached hydrogen (secondary N) is 1. The molecule has 5 rings (SSSR count). The minimum atomic E-state index is -3.86. The van der Waals surface area contributed by atoms with Gasteiger partial charge in [-0.05, 0) is 45.2 Å². The van der Waals surface area contributed by atoms with Crippen LogP contribution in [0.1, 0.15) is 41.5 Å². The zero-order valence-electron chi connectivity index (χ0n) is 16.9. The molecule has 1 aliphatic carbocycles. The van der Waals surface area contributed by atoms with Gasteiger partial charge in [-0.3, -0.25) is 0 Å². The maximum atomic E-state index is 13.6. The van der Waals surface area contributed by atoms with Gasteiger partial charge in [0.05, 0.1) is 10.6 Å². The molecule has 1 aromatic heterocycles. The maximum Gasteiger partial charge on any atom is 0.226 e. The van der Waals surface area contributed by atoms with Crippen LogP contribution in [0.25, 0.3) is 0 Å². The summed E-state index contributed by atoms with van der Waals surface area (Å²) in [7, 11) is -3.86. The van der Waals surface area contributed by atoms with Crippen LogP contribution in [-0.4, -0.2) is 30.1 Å². The molecule has 0 bridgehead atoms. The van der Waals surface area contributed by atoms with Crippen LogP contribution in [0.15, 0.2) is 63.7 Å². The molecule has 0 radical (unpaired) electrons. The lowest BCUT2D eigenvalue weighted by atomic mass is 9.93. The Hall–Kier alpha value is -3.06. The topological polar surface area (TPSA) is 84.3 Å². The van der Waals surface area contributed by atoms with Crippen molar-refractivity contribution >= 4 is 27.1 Å². The minimum absolute atomic E-state index is 0.0495. The van der Waals surface area contributed by atoms with E-state index in [0.29, 0.717) is 17.1 Å². The summed E-state index contributed by atoms with van der Waals surface area (Å²) in [4.78, 5) is 13.6. The van der Waals surface area contributed by atoms with Crippen LogP contribution in [0.2, 0.25) is 0 Å². The fourth-order valence-electron chi connectivity index (χ4n) is 3.78. The van der Waals surface area contributed by atoms with E-state index in [1.165, 1.54) is 6.33 Å². The van der Waals surface area contributed by atoms with E-state index in [-0.39, 0.29) is 21.7 Å². The van der Waals surface area contributed by atoms with Crippen LogP contribution in [0.3, 0.4) is 0 Å². The first-order chi connectivity index (χ1) is 14.4. The van der Waals surface area contributed by atoms with Crippen molar-refractivity contribution in [2.24, 2.45) is 4.99 Å². The third kappa shape index (κ3) is 3.10. The van der Waals surface area contributed by atoms with Crippen molar-refractivity contribution in [2.45, 2.75) is 49.1 Å². The van der Waals surface area contributed by atoms with Crippen molar-refractivity contribution < 1.29 is 8.42 Å². The van der Waals surface area contributed by atoms with Crippen LogP contribution in [0.4, 0.5) is 11.5 Å². The molecule has 6 nitrogen and oxygen atoms in total. The average molecular weight is 419 g/mol. The van der Waals surface area contributed by atoms with E-state index < -0.39 is 9.84 Å². The van der Waals surface area contributed by atoms with Crippen LogP contribution in [-0.2, 0) is 9.84 Å². The molecule has 1 aliphatic heterocycles. The highest BCUT2D eigenvalue weighted by Gasteiger charge is 2.33. The first kappa shape index (κ1) is 18.9. The molecular formula is C23H22N4O2S. The standard InChI is InChI=1S/C23H22N4O2S/c1-14-6-9-16(10-7-14)20-18-12-15(2)8-11-19(18)30(28,29)23-21(27-20)22(24-13-25-23)26-17-4-3-5-17/h6-13,17H,3-5H2,1-2H3,(H,24,25,26). The molecule has 1 saturated carbocycles. The third-order valence-corrected chi connectivity index (χ3v) is 7.46. The van der Waals surface area contributed by atoms with Crippen molar-refractivity contribution in [1.82, 2.24) is 9.97 Å². The normalized spacial score (nSPS) is 17.2. The van der Waals surface area contributed by atoms with E-state index in [1.54, 1.807) is 6.07 Å². The Bertz CT molecular complexity index is 1280. The van der Waals surface area contributed by atoms with Gasteiger partial charge >= 0.3 is 0 Å². The van der Waals surface area contributed by atoms with Gasteiger partial charge in [0.15, 0.2) is 10.8 Å². The number of hydrogen-bond donors (Lipinski definition) is 1. The fraction of sp³-hybridized carbons (Fsp3) is 0.261. The Morgan fingerprint density at radius 2 is 1.70 bits per heavy atom. The number of anilines is 1. The van der Waals surface area contributed by atoms with Crippen molar-refractivity contribution in [3.63, 3.8) is 0 Å². The number of benzene rings is 2. The highest BCUT2D eigenvalue weighted by atomic mass is 32.2. The smallest absolute Gasteiger partial charge is 0.226 e. The van der Waals surface area contributed by atoms with Gasteiger partial charge in [-0.15, -0.1) is 0 Å². The highest BCUT2D eigenvalue weighted by Crippen LogP contribution is 2.40. The van der Waals surface area contributed by atoms with E-state index in [0.717, 1.165) is 36.0 Å². The summed E-state index contributed by atoms with van der Waals surface area (Å²) >= 11 is 0. The van der Waals surface area contributed by atoms with Crippen molar-refractivity contribution in [3.8, 4) is 0 Å².